The molecule has 2 heterocycles. The summed E-state index contributed by atoms with van der Waals surface area (Å²) in [5.74, 6) is -2.26. The minimum atomic E-state index is -0.839. The van der Waals surface area contributed by atoms with Gasteiger partial charge >= 0.3 is 0 Å². The lowest BCUT2D eigenvalue weighted by Crippen LogP contribution is -2.57. The number of amides is 1. The van der Waals surface area contributed by atoms with Gasteiger partial charge in [0.1, 0.15) is 11.6 Å². The van der Waals surface area contributed by atoms with E-state index in [0.29, 0.717) is 37.3 Å². The number of fused-ring (bicyclic) bond motifs is 3. The Kier molecular flexibility index (Phi) is 5.80. The molecule has 34 heavy (non-hydrogen) atoms. The number of piperazine rings is 1. The van der Waals surface area contributed by atoms with Crippen LogP contribution in [0, 0.1) is 11.6 Å². The van der Waals surface area contributed by atoms with Gasteiger partial charge in [-0.3, -0.25) is 4.79 Å². The maximum atomic E-state index is 15.8. The highest BCUT2D eigenvalue weighted by Gasteiger charge is 2.48. The Hall–Kier alpha value is -3.00. The van der Waals surface area contributed by atoms with Crippen molar-refractivity contribution in [2.75, 3.05) is 31.1 Å². The van der Waals surface area contributed by atoms with Gasteiger partial charge in [-0.15, -0.1) is 0 Å². The zero-order valence-corrected chi connectivity index (χ0v) is 19.1. The highest BCUT2D eigenvalue weighted by Crippen LogP contribution is 2.52. The van der Waals surface area contributed by atoms with E-state index in [1.807, 2.05) is 30.3 Å². The Bertz CT molecular complexity index is 1290. The van der Waals surface area contributed by atoms with Crippen LogP contribution >= 0.6 is 11.6 Å². The van der Waals surface area contributed by atoms with Crippen LogP contribution in [0.2, 0.25) is 5.02 Å². The number of primary amides is 1. The third-order valence-corrected chi connectivity index (χ3v) is 7.31. The number of carbonyl (C=O) groups is 1. The van der Waals surface area contributed by atoms with Crippen molar-refractivity contribution in [2.24, 2.45) is 5.73 Å². The van der Waals surface area contributed by atoms with Crippen molar-refractivity contribution in [1.82, 2.24) is 5.32 Å². The van der Waals surface area contributed by atoms with E-state index < -0.39 is 23.1 Å². The van der Waals surface area contributed by atoms with Crippen LogP contribution in [0.15, 0.2) is 48.5 Å². The number of hydrogen-bond donors (Lipinski definition) is 3. The molecule has 2 aliphatic heterocycles. The lowest BCUT2D eigenvalue weighted by atomic mass is 9.82. The fraction of sp³-hybridized carbons (Fsp3) is 0.269. The molecule has 0 radical (unpaired) electrons. The third kappa shape index (κ3) is 3.38. The smallest absolute Gasteiger partial charge is 0.249 e. The molecule has 8 heteroatoms. The van der Waals surface area contributed by atoms with Crippen LogP contribution in [-0.2, 0) is 18.4 Å². The van der Waals surface area contributed by atoms with Crippen molar-refractivity contribution in [2.45, 2.75) is 18.4 Å². The van der Waals surface area contributed by atoms with Gasteiger partial charge in [-0.05, 0) is 35.2 Å². The first-order valence-corrected chi connectivity index (χ1v) is 11.5. The fourth-order valence-electron chi connectivity index (χ4n) is 5.42. The van der Waals surface area contributed by atoms with E-state index in [9.17, 15) is 9.90 Å². The number of rotatable bonds is 5. The predicted octanol–water partition coefficient (Wildman–Crippen LogP) is 3.78. The summed E-state index contributed by atoms with van der Waals surface area (Å²) in [6, 6.07) is 14.1. The van der Waals surface area contributed by atoms with Crippen LogP contribution < -0.4 is 16.0 Å². The standard InChI is InChI=1S/C26H24ClF2N3O2/c27-23-19(28)12-20-18(13-26(14-31-9-10-32(20)26)16-4-2-1-3-5-16)21(23)22-17(25(30)34)7-6-15(8-11-33)24(22)29/h1-7,12,31,33H,8-11,13-14H2,(H2,30,34). The summed E-state index contributed by atoms with van der Waals surface area (Å²) in [6.07, 6.45) is 0.480. The SMILES string of the molecule is NC(=O)c1ccc(CCO)c(F)c1-c1c(Cl)c(F)cc2c1CC1(c3ccccc3)CNCCN21. The van der Waals surface area contributed by atoms with Gasteiger partial charge in [0.05, 0.1) is 10.6 Å². The number of carbonyl (C=O) groups excluding carboxylic acids is 1. The largest absolute Gasteiger partial charge is 0.396 e. The predicted molar refractivity (Wildman–Crippen MR) is 128 cm³/mol. The Balaban J connectivity index is 1.81. The highest BCUT2D eigenvalue weighted by atomic mass is 35.5. The zero-order chi connectivity index (χ0) is 24.0. The van der Waals surface area contributed by atoms with Crippen LogP contribution in [0.1, 0.15) is 27.0 Å². The van der Waals surface area contributed by atoms with Gasteiger partial charge in [0, 0.05) is 55.0 Å². The van der Waals surface area contributed by atoms with E-state index in [0.717, 1.165) is 5.56 Å². The van der Waals surface area contributed by atoms with Crippen molar-refractivity contribution in [3.05, 3.63) is 87.4 Å². The summed E-state index contributed by atoms with van der Waals surface area (Å²) in [4.78, 5) is 14.4. The lowest BCUT2D eigenvalue weighted by Gasteiger charge is -2.45. The normalized spacial score (nSPS) is 19.1. The second-order valence-corrected chi connectivity index (χ2v) is 9.12. The molecule has 0 aliphatic carbocycles. The molecule has 176 valence electrons. The first-order chi connectivity index (χ1) is 16.4. The van der Waals surface area contributed by atoms with Crippen molar-refractivity contribution in [3.8, 4) is 11.1 Å². The molecule has 1 saturated heterocycles. The molecule has 1 fully saturated rings. The van der Waals surface area contributed by atoms with Gasteiger partial charge in [0.15, 0.2) is 0 Å². The lowest BCUT2D eigenvalue weighted by molar-refractivity contribution is 0.100. The molecule has 1 unspecified atom stereocenters. The summed E-state index contributed by atoms with van der Waals surface area (Å²) >= 11 is 6.50. The quantitative estimate of drug-likeness (QED) is 0.516. The molecule has 0 aromatic heterocycles. The molecule has 3 aromatic rings. The topological polar surface area (TPSA) is 78.6 Å². The zero-order valence-electron chi connectivity index (χ0n) is 18.4. The molecule has 0 saturated carbocycles. The van der Waals surface area contributed by atoms with E-state index >= 15 is 8.78 Å². The van der Waals surface area contributed by atoms with E-state index in [1.165, 1.54) is 18.2 Å². The maximum absolute atomic E-state index is 15.8. The van der Waals surface area contributed by atoms with Gasteiger partial charge in [0.25, 0.3) is 0 Å². The maximum Gasteiger partial charge on any atom is 0.249 e. The summed E-state index contributed by atoms with van der Waals surface area (Å²) in [6.45, 7) is 1.66. The van der Waals surface area contributed by atoms with Crippen LogP contribution in [-0.4, -0.2) is 37.3 Å². The average molecular weight is 484 g/mol. The van der Waals surface area contributed by atoms with Gasteiger partial charge in [-0.1, -0.05) is 48.0 Å². The average Bonchev–Trinajstić information content (AvgIpc) is 3.17. The summed E-state index contributed by atoms with van der Waals surface area (Å²) in [7, 11) is 0. The first kappa shape index (κ1) is 22.8. The number of halogens is 3. The molecule has 1 atom stereocenters. The molecular weight excluding hydrogens is 460 g/mol. The molecule has 2 aliphatic rings. The Morgan fingerprint density at radius 1 is 1.18 bits per heavy atom. The number of benzene rings is 3. The fourth-order valence-corrected chi connectivity index (χ4v) is 5.68. The highest BCUT2D eigenvalue weighted by molar-refractivity contribution is 6.34. The van der Waals surface area contributed by atoms with E-state index in [4.69, 9.17) is 17.3 Å². The Morgan fingerprint density at radius 2 is 1.94 bits per heavy atom. The van der Waals surface area contributed by atoms with Crippen molar-refractivity contribution in [1.29, 1.82) is 0 Å². The molecule has 5 nitrogen and oxygen atoms in total. The summed E-state index contributed by atoms with van der Waals surface area (Å²) in [5.41, 5.74) is 7.58. The second-order valence-electron chi connectivity index (χ2n) is 8.75. The number of nitrogens with two attached hydrogens (primary N) is 1. The third-order valence-electron chi connectivity index (χ3n) is 6.94. The number of hydrogen-bond acceptors (Lipinski definition) is 4. The molecule has 0 bridgehead atoms. The van der Waals surface area contributed by atoms with Crippen molar-refractivity contribution in [3.63, 3.8) is 0 Å². The number of anilines is 1. The van der Waals surface area contributed by atoms with Gasteiger partial charge in [0.2, 0.25) is 5.91 Å². The first-order valence-electron chi connectivity index (χ1n) is 11.2. The molecule has 3 aromatic carbocycles. The van der Waals surface area contributed by atoms with Gasteiger partial charge < -0.3 is 21.1 Å². The van der Waals surface area contributed by atoms with Gasteiger partial charge in [-0.2, -0.15) is 0 Å². The van der Waals surface area contributed by atoms with Crippen molar-refractivity contribution < 1.29 is 18.7 Å². The summed E-state index contributed by atoms with van der Waals surface area (Å²) in [5, 5.41) is 12.6. The summed E-state index contributed by atoms with van der Waals surface area (Å²) < 4.78 is 31.1. The van der Waals surface area contributed by atoms with E-state index in [-0.39, 0.29) is 40.3 Å². The van der Waals surface area contributed by atoms with Gasteiger partial charge in [-0.25, -0.2) is 8.78 Å². The molecule has 1 amide bonds. The number of nitrogens with one attached hydrogen (secondary N) is 1. The van der Waals surface area contributed by atoms with E-state index in [1.54, 1.807) is 0 Å². The van der Waals surface area contributed by atoms with E-state index in [2.05, 4.69) is 10.2 Å². The number of nitrogens with zero attached hydrogens (tertiary/aromatic N) is 1. The Morgan fingerprint density at radius 3 is 2.65 bits per heavy atom. The molecular formula is C26H24ClF2N3O2. The van der Waals surface area contributed by atoms with Crippen LogP contribution in [0.5, 0.6) is 0 Å². The molecule has 4 N–H and O–H groups in total. The number of aliphatic hydroxyl groups is 1. The van der Waals surface area contributed by atoms with Crippen LogP contribution in [0.3, 0.4) is 0 Å². The minimum Gasteiger partial charge on any atom is -0.396 e. The number of aliphatic hydroxyl groups excluding tert-OH is 1. The molecule has 5 rings (SSSR count). The van der Waals surface area contributed by atoms with Crippen LogP contribution in [0.25, 0.3) is 11.1 Å². The Labute approximate surface area is 201 Å². The second kappa shape index (κ2) is 8.65. The minimum absolute atomic E-state index is 0.0387. The molecule has 0 spiro atoms. The van der Waals surface area contributed by atoms with Crippen molar-refractivity contribution >= 4 is 23.2 Å². The monoisotopic (exact) mass is 483 g/mol. The van der Waals surface area contributed by atoms with Crippen LogP contribution in [0.4, 0.5) is 14.5 Å².